The van der Waals surface area contributed by atoms with Crippen molar-refractivity contribution in [1.29, 1.82) is 0 Å². The first-order valence-electron chi connectivity index (χ1n) is 15.9. The van der Waals surface area contributed by atoms with Crippen LogP contribution in [-0.2, 0) is 12.1 Å². The third-order valence-electron chi connectivity index (χ3n) is 9.04. The minimum Gasteiger partial charge on any atom is -0.403 e. The van der Waals surface area contributed by atoms with Crippen LogP contribution in [0.15, 0.2) is 101 Å². The van der Waals surface area contributed by atoms with E-state index in [0.29, 0.717) is 33.5 Å². The molecule has 3 aliphatic heterocycles. The SMILES string of the molecule is C=CN(C)/C(=C\N)C(O)(c1ccc(CNCCCN2CCN(C)CC2)cc1)c1ccc2c(c1)C(c1cccc(Cl)c1)=NC1=NNNN12. The van der Waals surface area contributed by atoms with Crippen molar-refractivity contribution in [3.05, 3.63) is 124 Å². The quantitative estimate of drug-likeness (QED) is 0.188. The molecule has 0 amide bonds. The van der Waals surface area contributed by atoms with Crippen LogP contribution >= 0.6 is 11.6 Å². The number of nitrogens with one attached hydrogen (secondary N) is 3. The van der Waals surface area contributed by atoms with Crippen LogP contribution in [0.25, 0.3) is 0 Å². The lowest BCUT2D eigenvalue weighted by atomic mass is 9.81. The van der Waals surface area contributed by atoms with Gasteiger partial charge in [0.2, 0.25) is 0 Å². The molecule has 6 rings (SSSR count). The standard InChI is InChI=1S/C35H43ClN10O/c1-4-44(3)32(23-37)35(47,27-11-9-25(10-12-27)24-38-15-6-16-45-19-17-43(2)18-20-45)28-13-14-31-30(22-28)33(26-7-5-8-29(36)21-26)39-34-40-41-42-46(31)34/h4-5,7-14,21-23,38,41-42,47H,1,6,15-20,24,37H2,2-3H3/b32-23-. The van der Waals surface area contributed by atoms with Gasteiger partial charge in [-0.3, -0.25) is 0 Å². The van der Waals surface area contributed by atoms with E-state index in [4.69, 9.17) is 22.3 Å². The van der Waals surface area contributed by atoms with Crippen molar-refractivity contribution in [2.45, 2.75) is 18.6 Å². The van der Waals surface area contributed by atoms with Crippen molar-refractivity contribution in [1.82, 2.24) is 31.1 Å². The molecule has 0 spiro atoms. The van der Waals surface area contributed by atoms with Crippen LogP contribution < -0.4 is 27.1 Å². The van der Waals surface area contributed by atoms with Gasteiger partial charge < -0.3 is 30.9 Å². The Hall–Kier alpha value is -4.23. The Balaban J connectivity index is 1.28. The number of fused-ring (bicyclic) bond motifs is 3. The molecule has 0 aliphatic carbocycles. The van der Waals surface area contributed by atoms with Crippen molar-refractivity contribution in [2.24, 2.45) is 15.8 Å². The topological polar surface area (TPSA) is 120 Å². The fourth-order valence-electron chi connectivity index (χ4n) is 6.28. The summed E-state index contributed by atoms with van der Waals surface area (Å²) >= 11 is 6.39. The molecule has 0 aromatic heterocycles. The number of aliphatic hydroxyl groups is 1. The molecule has 1 atom stereocenters. The molecule has 3 aromatic rings. The van der Waals surface area contributed by atoms with Crippen molar-refractivity contribution < 1.29 is 5.11 Å². The monoisotopic (exact) mass is 654 g/mol. The zero-order valence-electron chi connectivity index (χ0n) is 27.0. The molecule has 1 fully saturated rings. The molecule has 47 heavy (non-hydrogen) atoms. The van der Waals surface area contributed by atoms with Crippen LogP contribution in [0.3, 0.4) is 0 Å². The van der Waals surface area contributed by atoms with Crippen LogP contribution in [0, 0.1) is 0 Å². The molecule has 3 aliphatic rings. The van der Waals surface area contributed by atoms with Gasteiger partial charge in [0, 0.05) is 62.1 Å². The summed E-state index contributed by atoms with van der Waals surface area (Å²) in [6.07, 6.45) is 4.17. The summed E-state index contributed by atoms with van der Waals surface area (Å²) in [6, 6.07) is 21.3. The lowest BCUT2D eigenvalue weighted by molar-refractivity contribution is 0.0967. The third-order valence-corrected chi connectivity index (χ3v) is 9.28. The summed E-state index contributed by atoms with van der Waals surface area (Å²) in [5.41, 5.74) is 16.4. The van der Waals surface area contributed by atoms with Gasteiger partial charge >= 0.3 is 0 Å². The number of nitrogens with zero attached hydrogens (tertiary/aromatic N) is 6. The van der Waals surface area contributed by atoms with E-state index in [0.717, 1.165) is 74.6 Å². The average molecular weight is 655 g/mol. The summed E-state index contributed by atoms with van der Waals surface area (Å²) in [7, 11) is 4.00. The number of anilines is 1. The number of hydrazine groups is 2. The predicted octanol–water partition coefficient (Wildman–Crippen LogP) is 3.13. The third kappa shape index (κ3) is 6.77. The molecule has 3 heterocycles. The minimum absolute atomic E-state index is 0.461. The van der Waals surface area contributed by atoms with Gasteiger partial charge in [-0.25, -0.2) is 15.5 Å². The number of benzene rings is 3. The molecular weight excluding hydrogens is 612 g/mol. The Labute approximate surface area is 281 Å². The van der Waals surface area contributed by atoms with Crippen LogP contribution in [0.4, 0.5) is 5.69 Å². The van der Waals surface area contributed by atoms with Gasteiger partial charge in [0.1, 0.15) is 0 Å². The Morgan fingerprint density at radius 2 is 1.87 bits per heavy atom. The number of guanidine groups is 1. The van der Waals surface area contributed by atoms with E-state index in [2.05, 4.69) is 57.0 Å². The minimum atomic E-state index is -1.62. The maximum Gasteiger partial charge on any atom is 0.265 e. The highest BCUT2D eigenvalue weighted by Crippen LogP contribution is 2.41. The number of nitrogens with two attached hydrogens (primary N) is 1. The van der Waals surface area contributed by atoms with E-state index in [1.165, 1.54) is 6.20 Å². The molecule has 1 saturated heterocycles. The number of piperazine rings is 1. The van der Waals surface area contributed by atoms with Gasteiger partial charge in [0.15, 0.2) is 5.60 Å². The van der Waals surface area contributed by atoms with E-state index in [1.807, 2.05) is 61.6 Å². The molecule has 3 aromatic carbocycles. The maximum atomic E-state index is 12.8. The van der Waals surface area contributed by atoms with Gasteiger partial charge in [-0.2, -0.15) is 0 Å². The molecule has 0 radical (unpaired) electrons. The number of hydrogen-bond acceptors (Lipinski definition) is 11. The lowest BCUT2D eigenvalue weighted by Crippen LogP contribution is -2.45. The van der Waals surface area contributed by atoms with Gasteiger partial charge in [-0.1, -0.05) is 60.6 Å². The van der Waals surface area contributed by atoms with Gasteiger partial charge in [0.25, 0.3) is 5.96 Å². The second-order valence-corrected chi connectivity index (χ2v) is 12.5. The first kappa shape index (κ1) is 32.7. The molecule has 0 bridgehead atoms. The van der Waals surface area contributed by atoms with Crippen molar-refractivity contribution in [3.63, 3.8) is 0 Å². The second kappa shape index (κ2) is 14.3. The average Bonchev–Trinajstić information content (AvgIpc) is 3.58. The molecule has 0 saturated carbocycles. The summed E-state index contributed by atoms with van der Waals surface area (Å²) < 4.78 is 0. The van der Waals surface area contributed by atoms with Gasteiger partial charge in [-0.15, -0.1) is 10.6 Å². The predicted molar refractivity (Wildman–Crippen MR) is 190 cm³/mol. The molecule has 6 N–H and O–H groups in total. The number of rotatable bonds is 12. The second-order valence-electron chi connectivity index (χ2n) is 12.1. The van der Waals surface area contributed by atoms with Crippen LogP contribution in [0.1, 0.15) is 34.2 Å². The highest BCUT2D eigenvalue weighted by Gasteiger charge is 2.40. The van der Waals surface area contributed by atoms with E-state index >= 15 is 0 Å². The first-order chi connectivity index (χ1) is 22.8. The Morgan fingerprint density at radius 1 is 1.11 bits per heavy atom. The zero-order valence-corrected chi connectivity index (χ0v) is 27.7. The van der Waals surface area contributed by atoms with E-state index in [1.54, 1.807) is 16.1 Å². The number of hydrogen-bond donors (Lipinski definition) is 5. The number of likely N-dealkylation sites (N-methyl/N-ethyl adjacent to an activating group) is 2. The van der Waals surface area contributed by atoms with Crippen LogP contribution in [0.5, 0.6) is 0 Å². The van der Waals surface area contributed by atoms with E-state index in [9.17, 15) is 5.11 Å². The summed E-state index contributed by atoms with van der Waals surface area (Å²) in [5.74, 6) is 0.466. The van der Waals surface area contributed by atoms with E-state index in [-0.39, 0.29) is 0 Å². The van der Waals surface area contributed by atoms with Crippen molar-refractivity contribution >= 4 is 29.0 Å². The smallest absolute Gasteiger partial charge is 0.265 e. The molecule has 246 valence electrons. The highest BCUT2D eigenvalue weighted by molar-refractivity contribution is 6.32. The lowest BCUT2D eigenvalue weighted by Gasteiger charge is -2.37. The van der Waals surface area contributed by atoms with Crippen LogP contribution in [-0.4, -0.2) is 84.8 Å². The fourth-order valence-corrected chi connectivity index (χ4v) is 6.47. The molecular formula is C35H43ClN10O. The Morgan fingerprint density at radius 3 is 2.60 bits per heavy atom. The first-order valence-corrected chi connectivity index (χ1v) is 16.3. The molecule has 12 heteroatoms. The van der Waals surface area contributed by atoms with Crippen molar-refractivity contribution in [2.75, 3.05) is 58.4 Å². The Kier molecular flexibility index (Phi) is 9.92. The number of aliphatic imine (C=N–C) groups is 1. The number of hydrazone groups is 1. The van der Waals surface area contributed by atoms with Gasteiger partial charge in [0.05, 0.1) is 17.1 Å². The summed E-state index contributed by atoms with van der Waals surface area (Å²) in [6.45, 7) is 11.3. The van der Waals surface area contributed by atoms with Crippen LogP contribution in [0.2, 0.25) is 5.02 Å². The van der Waals surface area contributed by atoms with E-state index < -0.39 is 5.60 Å². The molecule has 1 unspecified atom stereocenters. The normalized spacial score (nSPS) is 18.0. The zero-order chi connectivity index (χ0) is 33.0. The highest BCUT2D eigenvalue weighted by atomic mass is 35.5. The summed E-state index contributed by atoms with van der Waals surface area (Å²) in [5, 5.41) is 23.0. The largest absolute Gasteiger partial charge is 0.403 e. The summed E-state index contributed by atoms with van der Waals surface area (Å²) in [4.78, 5) is 11.5. The van der Waals surface area contributed by atoms with Gasteiger partial charge in [-0.05, 0) is 73.7 Å². The fraction of sp³-hybridized carbons (Fsp3) is 0.314. The molecule has 11 nitrogen and oxygen atoms in total. The Bertz CT molecular complexity index is 1680. The number of halogens is 1. The maximum absolute atomic E-state index is 12.8. The van der Waals surface area contributed by atoms with Crippen molar-refractivity contribution in [3.8, 4) is 0 Å².